The maximum Gasteiger partial charge on any atom is 0.337 e. The average Bonchev–Trinajstić information content (AvgIpc) is 2.72. The molecule has 3 rings (SSSR count). The van der Waals surface area contributed by atoms with Gasteiger partial charge in [0.1, 0.15) is 6.17 Å². The number of hydrogen-bond donors (Lipinski definition) is 4. The van der Waals surface area contributed by atoms with Gasteiger partial charge in [0.25, 0.3) is 0 Å². The molecular weight excluding hydrogens is 481 g/mol. The Kier molecular flexibility index (Phi) is 7.86. The minimum absolute atomic E-state index is 0.0121. The van der Waals surface area contributed by atoms with Crippen molar-refractivity contribution < 1.29 is 14.7 Å². The number of carboxylic acid groups (broad SMARTS) is 1. The summed E-state index contributed by atoms with van der Waals surface area (Å²) in [6.07, 6.45) is 3.58. The van der Waals surface area contributed by atoms with Crippen LogP contribution < -0.4 is 16.0 Å². The molecule has 1 saturated carbocycles. The third kappa shape index (κ3) is 6.35. The molecule has 2 aromatic rings. The second-order valence-corrected chi connectivity index (χ2v) is 10.2. The van der Waals surface area contributed by atoms with E-state index in [1.807, 2.05) is 24.3 Å². The van der Waals surface area contributed by atoms with Gasteiger partial charge in [-0.05, 0) is 48.0 Å². The van der Waals surface area contributed by atoms with Crippen LogP contribution in [-0.4, -0.2) is 32.1 Å². The van der Waals surface area contributed by atoms with Crippen molar-refractivity contribution >= 4 is 80.5 Å². The number of fused-ring (bicyclic) bond motifs is 1. The van der Waals surface area contributed by atoms with Crippen molar-refractivity contribution in [3.63, 3.8) is 0 Å². The van der Waals surface area contributed by atoms with Crippen LogP contribution in [0.4, 0.5) is 5.69 Å². The van der Waals surface area contributed by atoms with Gasteiger partial charge in [-0.3, -0.25) is 4.79 Å². The normalized spacial score (nSPS) is 15.8. The van der Waals surface area contributed by atoms with Crippen LogP contribution in [0, 0.1) is 5.92 Å². The van der Waals surface area contributed by atoms with Gasteiger partial charge in [-0.1, -0.05) is 78.3 Å². The van der Waals surface area contributed by atoms with Crippen LogP contribution in [0.5, 0.6) is 0 Å². The predicted molar refractivity (Wildman–Crippen MR) is 129 cm³/mol. The van der Waals surface area contributed by atoms with E-state index in [0.29, 0.717) is 0 Å². The molecule has 1 atom stereocenters. The number of carboxylic acids is 1. The maximum absolute atomic E-state index is 12.6. The number of aromatic carboxylic acids is 1. The summed E-state index contributed by atoms with van der Waals surface area (Å²) in [5.74, 6) is -1.45. The number of anilines is 1. The van der Waals surface area contributed by atoms with Crippen molar-refractivity contribution in [3.05, 3.63) is 42.0 Å². The molecule has 0 bridgehead atoms. The Morgan fingerprint density at radius 1 is 1.03 bits per heavy atom. The molecule has 0 spiro atoms. The first-order valence-corrected chi connectivity index (χ1v) is 11.4. The van der Waals surface area contributed by atoms with E-state index in [0.717, 1.165) is 42.9 Å². The third-order valence-corrected chi connectivity index (χ3v) is 6.10. The Morgan fingerprint density at radius 3 is 2.23 bits per heavy atom. The summed E-state index contributed by atoms with van der Waals surface area (Å²) in [6, 6.07) is 10.6. The Labute approximate surface area is 200 Å². The summed E-state index contributed by atoms with van der Waals surface area (Å²) in [5, 5.41) is 19.6. The summed E-state index contributed by atoms with van der Waals surface area (Å²) in [4.78, 5) is 24.3. The lowest BCUT2D eigenvalue weighted by molar-refractivity contribution is -0.126. The Balaban J connectivity index is 1.75. The molecule has 1 unspecified atom stereocenters. The van der Waals surface area contributed by atoms with Crippen molar-refractivity contribution in [1.29, 1.82) is 0 Å². The Hall–Kier alpha value is -1.80. The third-order valence-electron chi connectivity index (χ3n) is 5.23. The lowest BCUT2D eigenvalue weighted by Crippen LogP contribution is -2.57. The number of carbonyl (C=O) groups is 2. The second-order valence-electron chi connectivity index (χ2n) is 7.47. The molecule has 0 aliphatic heterocycles. The number of rotatable bonds is 5. The first kappa shape index (κ1) is 23.9. The Bertz CT molecular complexity index is 991. The number of benzene rings is 2. The quantitative estimate of drug-likeness (QED) is 0.255. The molecule has 10 heteroatoms. The molecule has 0 aromatic heterocycles. The molecule has 0 saturated heterocycles. The molecule has 4 N–H and O–H groups in total. The van der Waals surface area contributed by atoms with E-state index in [4.69, 9.17) is 47.0 Å². The highest BCUT2D eigenvalue weighted by Crippen LogP contribution is 2.31. The number of hydrogen-bond acceptors (Lipinski definition) is 3. The maximum atomic E-state index is 12.6. The van der Waals surface area contributed by atoms with E-state index in [1.165, 1.54) is 0 Å². The van der Waals surface area contributed by atoms with Gasteiger partial charge in [-0.25, -0.2) is 4.79 Å². The molecule has 6 nitrogen and oxygen atoms in total. The smallest absolute Gasteiger partial charge is 0.337 e. The van der Waals surface area contributed by atoms with E-state index in [1.54, 1.807) is 12.1 Å². The van der Waals surface area contributed by atoms with Crippen molar-refractivity contribution in [3.8, 4) is 0 Å². The molecule has 1 aliphatic rings. The van der Waals surface area contributed by atoms with Crippen molar-refractivity contribution in [2.75, 3.05) is 5.32 Å². The summed E-state index contributed by atoms with van der Waals surface area (Å²) in [5.41, 5.74) is 0.324. The molecule has 166 valence electrons. The van der Waals surface area contributed by atoms with Gasteiger partial charge in [0.15, 0.2) is 5.11 Å². The lowest BCUT2D eigenvalue weighted by Gasteiger charge is -2.30. The minimum atomic E-state index is -1.88. The van der Waals surface area contributed by atoms with Crippen molar-refractivity contribution in [2.24, 2.45) is 5.92 Å². The van der Waals surface area contributed by atoms with Crippen LogP contribution in [0.1, 0.15) is 42.5 Å². The highest BCUT2D eigenvalue weighted by Gasteiger charge is 2.36. The van der Waals surface area contributed by atoms with Gasteiger partial charge < -0.3 is 21.1 Å². The molecule has 1 amide bonds. The number of thiocarbonyl (C=S) groups is 1. The number of nitrogens with one attached hydrogen (secondary N) is 3. The zero-order valence-corrected chi connectivity index (χ0v) is 19.5. The van der Waals surface area contributed by atoms with Crippen LogP contribution in [0.3, 0.4) is 0 Å². The predicted octanol–water partition coefficient (Wildman–Crippen LogP) is 5.22. The fourth-order valence-corrected chi connectivity index (χ4v) is 4.19. The average molecular weight is 503 g/mol. The van der Waals surface area contributed by atoms with E-state index in [-0.39, 0.29) is 28.2 Å². The second kappa shape index (κ2) is 10.2. The first-order valence-electron chi connectivity index (χ1n) is 9.86. The fourth-order valence-electron chi connectivity index (χ4n) is 3.63. The van der Waals surface area contributed by atoms with E-state index in [2.05, 4.69) is 16.0 Å². The molecule has 1 aliphatic carbocycles. The first-order chi connectivity index (χ1) is 14.6. The highest BCUT2D eigenvalue weighted by atomic mass is 35.6. The summed E-state index contributed by atoms with van der Waals surface area (Å²) >= 11 is 23.5. The molecule has 1 fully saturated rings. The van der Waals surface area contributed by atoms with E-state index < -0.39 is 15.9 Å². The van der Waals surface area contributed by atoms with E-state index in [9.17, 15) is 14.7 Å². The number of amides is 1. The molecule has 0 heterocycles. The fraction of sp³-hybridized carbons (Fsp3) is 0.381. The van der Waals surface area contributed by atoms with Crippen LogP contribution in [-0.2, 0) is 4.79 Å². The van der Waals surface area contributed by atoms with Crippen LogP contribution >= 0.6 is 47.0 Å². The number of halogens is 3. The standard InChI is InChI=1S/C21H22Cl3N3O3S/c22-21(23,24)19(26-17(28)12-6-2-1-3-7-12)27-20(31)25-16-11-14-9-5-4-8-13(14)10-15(16)18(29)30/h4-5,8-12,19H,1-3,6-7H2,(H,26,28)(H,29,30)(H2,25,27,31). The molecule has 31 heavy (non-hydrogen) atoms. The largest absolute Gasteiger partial charge is 0.478 e. The molecule has 2 aromatic carbocycles. The monoisotopic (exact) mass is 501 g/mol. The van der Waals surface area contributed by atoms with Gasteiger partial charge in [-0.2, -0.15) is 0 Å². The zero-order chi connectivity index (χ0) is 22.6. The summed E-state index contributed by atoms with van der Waals surface area (Å²) < 4.78 is -1.88. The van der Waals surface area contributed by atoms with Crippen LogP contribution in [0.15, 0.2) is 36.4 Å². The van der Waals surface area contributed by atoms with E-state index >= 15 is 0 Å². The van der Waals surface area contributed by atoms with Crippen LogP contribution in [0.25, 0.3) is 10.8 Å². The van der Waals surface area contributed by atoms with Gasteiger partial charge in [0.05, 0.1) is 11.3 Å². The van der Waals surface area contributed by atoms with Gasteiger partial charge >= 0.3 is 5.97 Å². The highest BCUT2D eigenvalue weighted by molar-refractivity contribution is 7.80. The molecule has 0 radical (unpaired) electrons. The lowest BCUT2D eigenvalue weighted by atomic mass is 9.88. The summed E-state index contributed by atoms with van der Waals surface area (Å²) in [6.45, 7) is 0. The summed E-state index contributed by atoms with van der Waals surface area (Å²) in [7, 11) is 0. The zero-order valence-electron chi connectivity index (χ0n) is 16.5. The van der Waals surface area contributed by atoms with Crippen LogP contribution in [0.2, 0.25) is 0 Å². The van der Waals surface area contributed by atoms with Gasteiger partial charge in [0, 0.05) is 5.92 Å². The SMILES string of the molecule is O=C(O)c1cc2ccccc2cc1NC(=S)NC(NC(=O)C1CCCCC1)C(Cl)(Cl)Cl. The van der Waals surface area contributed by atoms with Gasteiger partial charge in [0.2, 0.25) is 9.70 Å². The number of alkyl halides is 3. The van der Waals surface area contributed by atoms with Crippen molar-refractivity contribution in [1.82, 2.24) is 10.6 Å². The van der Waals surface area contributed by atoms with Gasteiger partial charge in [-0.15, -0.1) is 0 Å². The molecular formula is C21H22Cl3N3O3S. The number of carbonyl (C=O) groups excluding carboxylic acids is 1. The Morgan fingerprint density at radius 2 is 1.65 bits per heavy atom. The minimum Gasteiger partial charge on any atom is -0.478 e. The topological polar surface area (TPSA) is 90.5 Å². The van der Waals surface area contributed by atoms with Crippen molar-refractivity contribution in [2.45, 2.75) is 42.1 Å².